The molecule has 4 nitrogen and oxygen atoms in total. The molecule has 1 aromatic carbocycles. The summed E-state index contributed by atoms with van der Waals surface area (Å²) in [6, 6.07) is 6.74. The molecular formula is C11H15BrN2O2S. The largest absolute Gasteiger partial charge is 0.324 e. The molecule has 1 aliphatic carbocycles. The highest BCUT2D eigenvalue weighted by atomic mass is 79.9. The van der Waals surface area contributed by atoms with Gasteiger partial charge in [0.1, 0.15) is 0 Å². The number of sulfonamides is 1. The highest BCUT2D eigenvalue weighted by Crippen LogP contribution is 2.29. The fraction of sp³-hybridized carbons (Fsp3) is 0.455. The van der Waals surface area contributed by atoms with Crippen molar-refractivity contribution in [2.75, 3.05) is 6.54 Å². The molecule has 0 atom stereocenters. The zero-order valence-corrected chi connectivity index (χ0v) is 11.7. The number of rotatable bonds is 4. The van der Waals surface area contributed by atoms with E-state index in [2.05, 4.69) is 20.7 Å². The van der Waals surface area contributed by atoms with Gasteiger partial charge < -0.3 is 5.73 Å². The summed E-state index contributed by atoms with van der Waals surface area (Å²) in [5, 5.41) is 0. The van der Waals surface area contributed by atoms with Crippen molar-refractivity contribution < 1.29 is 8.42 Å². The minimum absolute atomic E-state index is 0.253. The first kappa shape index (κ1) is 13.0. The SMILES string of the molecule is NC1(CNS(=O)(=O)c2ccccc2Br)CCC1. The van der Waals surface area contributed by atoms with Crippen LogP contribution in [0.1, 0.15) is 19.3 Å². The van der Waals surface area contributed by atoms with Crippen LogP contribution >= 0.6 is 15.9 Å². The first-order valence-corrected chi connectivity index (χ1v) is 7.74. The Balaban J connectivity index is 2.12. The molecule has 2 rings (SSSR count). The van der Waals surface area contributed by atoms with Gasteiger partial charge in [-0.05, 0) is 47.3 Å². The van der Waals surface area contributed by atoms with Crippen LogP contribution in [0.5, 0.6) is 0 Å². The van der Waals surface area contributed by atoms with Crippen LogP contribution in [0.25, 0.3) is 0 Å². The lowest BCUT2D eigenvalue weighted by Crippen LogP contribution is -2.54. The molecule has 1 saturated carbocycles. The number of halogens is 1. The highest BCUT2D eigenvalue weighted by Gasteiger charge is 2.33. The lowest BCUT2D eigenvalue weighted by Gasteiger charge is -2.38. The maximum Gasteiger partial charge on any atom is 0.241 e. The maximum absolute atomic E-state index is 12.0. The summed E-state index contributed by atoms with van der Waals surface area (Å²) < 4.78 is 27.2. The van der Waals surface area contributed by atoms with Crippen molar-refractivity contribution in [1.29, 1.82) is 0 Å². The summed E-state index contributed by atoms with van der Waals surface area (Å²) >= 11 is 3.23. The Hall–Kier alpha value is -0.430. The lowest BCUT2D eigenvalue weighted by molar-refractivity contribution is 0.251. The molecule has 0 spiro atoms. The van der Waals surface area contributed by atoms with Gasteiger partial charge >= 0.3 is 0 Å². The molecule has 0 aromatic heterocycles. The average molecular weight is 319 g/mol. The maximum atomic E-state index is 12.0. The Morgan fingerprint density at radius 3 is 2.53 bits per heavy atom. The van der Waals surface area contributed by atoms with Gasteiger partial charge in [0, 0.05) is 16.6 Å². The molecule has 3 N–H and O–H groups in total. The predicted molar refractivity (Wildman–Crippen MR) is 70.1 cm³/mol. The molecule has 17 heavy (non-hydrogen) atoms. The van der Waals surface area contributed by atoms with Crippen molar-refractivity contribution in [2.45, 2.75) is 29.7 Å². The number of nitrogens with one attached hydrogen (secondary N) is 1. The summed E-state index contributed by atoms with van der Waals surface area (Å²) in [6.07, 6.45) is 2.84. The minimum Gasteiger partial charge on any atom is -0.324 e. The van der Waals surface area contributed by atoms with Crippen molar-refractivity contribution in [1.82, 2.24) is 4.72 Å². The van der Waals surface area contributed by atoms with Crippen LogP contribution in [-0.2, 0) is 10.0 Å². The second kappa shape index (κ2) is 4.68. The van der Waals surface area contributed by atoms with Crippen LogP contribution in [0.15, 0.2) is 33.6 Å². The van der Waals surface area contributed by atoms with Gasteiger partial charge in [-0.2, -0.15) is 0 Å². The van der Waals surface area contributed by atoms with Crippen molar-refractivity contribution in [2.24, 2.45) is 5.73 Å². The Kier molecular flexibility index (Phi) is 3.58. The molecule has 1 aromatic rings. The molecule has 0 bridgehead atoms. The number of hydrogen-bond donors (Lipinski definition) is 2. The molecular weight excluding hydrogens is 304 g/mol. The van der Waals surface area contributed by atoms with E-state index in [0.717, 1.165) is 19.3 Å². The monoisotopic (exact) mass is 318 g/mol. The Morgan fingerprint density at radius 1 is 1.35 bits per heavy atom. The quantitative estimate of drug-likeness (QED) is 0.885. The highest BCUT2D eigenvalue weighted by molar-refractivity contribution is 9.10. The van der Waals surface area contributed by atoms with E-state index >= 15 is 0 Å². The summed E-state index contributed by atoms with van der Waals surface area (Å²) in [7, 11) is -3.48. The smallest absolute Gasteiger partial charge is 0.241 e. The topological polar surface area (TPSA) is 72.2 Å². The number of nitrogens with two attached hydrogens (primary N) is 1. The molecule has 0 heterocycles. The van der Waals surface area contributed by atoms with Gasteiger partial charge in [0.25, 0.3) is 0 Å². The van der Waals surface area contributed by atoms with E-state index in [4.69, 9.17) is 5.73 Å². The van der Waals surface area contributed by atoms with Gasteiger partial charge in [0.15, 0.2) is 0 Å². The van der Waals surface area contributed by atoms with E-state index in [1.807, 2.05) is 0 Å². The van der Waals surface area contributed by atoms with Crippen LogP contribution < -0.4 is 10.5 Å². The standard InChI is InChI=1S/C11H15BrN2O2S/c12-9-4-1-2-5-10(9)17(15,16)14-8-11(13)6-3-7-11/h1-2,4-5,14H,3,6-8,13H2. The van der Waals surface area contributed by atoms with E-state index in [-0.39, 0.29) is 10.4 Å². The van der Waals surface area contributed by atoms with Gasteiger partial charge in [-0.1, -0.05) is 12.1 Å². The Labute approximate surface area is 110 Å². The van der Waals surface area contributed by atoms with Gasteiger partial charge in [0.05, 0.1) is 4.90 Å². The van der Waals surface area contributed by atoms with Crippen LogP contribution in [0.4, 0.5) is 0 Å². The molecule has 1 aliphatic rings. The first-order chi connectivity index (χ1) is 7.93. The van der Waals surface area contributed by atoms with Crippen LogP contribution in [0.3, 0.4) is 0 Å². The Morgan fingerprint density at radius 2 is 2.00 bits per heavy atom. The Bertz CT molecular complexity index is 512. The molecule has 0 aliphatic heterocycles. The van der Waals surface area contributed by atoms with Gasteiger partial charge in [-0.15, -0.1) is 0 Å². The summed E-state index contributed by atoms with van der Waals surface area (Å²) in [5.74, 6) is 0. The second-order valence-corrected chi connectivity index (χ2v) is 7.06. The van der Waals surface area contributed by atoms with Crippen molar-refractivity contribution >= 4 is 26.0 Å². The van der Waals surface area contributed by atoms with Crippen LogP contribution in [0.2, 0.25) is 0 Å². The third-order valence-electron chi connectivity index (χ3n) is 3.09. The molecule has 0 saturated heterocycles. The molecule has 0 unspecified atom stereocenters. The minimum atomic E-state index is -3.48. The molecule has 0 amide bonds. The first-order valence-electron chi connectivity index (χ1n) is 5.46. The predicted octanol–water partition coefficient (Wildman–Crippen LogP) is 1.61. The molecule has 0 radical (unpaired) electrons. The van der Waals surface area contributed by atoms with E-state index < -0.39 is 10.0 Å². The molecule has 94 valence electrons. The van der Waals surface area contributed by atoms with Gasteiger partial charge in [-0.25, -0.2) is 13.1 Å². The molecule has 6 heteroatoms. The third-order valence-corrected chi connectivity index (χ3v) is 5.50. The average Bonchev–Trinajstić information content (AvgIpc) is 2.24. The summed E-state index contributed by atoms with van der Waals surface area (Å²) in [4.78, 5) is 0.253. The van der Waals surface area contributed by atoms with Crippen LogP contribution in [-0.4, -0.2) is 20.5 Å². The number of hydrogen-bond acceptors (Lipinski definition) is 3. The van der Waals surface area contributed by atoms with E-state index in [1.165, 1.54) is 0 Å². The fourth-order valence-corrected chi connectivity index (χ4v) is 3.93. The van der Waals surface area contributed by atoms with Gasteiger partial charge in [0.2, 0.25) is 10.0 Å². The third kappa shape index (κ3) is 2.88. The summed E-state index contributed by atoms with van der Waals surface area (Å²) in [5.41, 5.74) is 5.63. The van der Waals surface area contributed by atoms with Crippen molar-refractivity contribution in [3.8, 4) is 0 Å². The zero-order valence-electron chi connectivity index (χ0n) is 9.32. The number of benzene rings is 1. The normalized spacial score (nSPS) is 18.7. The zero-order chi connectivity index (χ0) is 12.5. The van der Waals surface area contributed by atoms with Crippen molar-refractivity contribution in [3.05, 3.63) is 28.7 Å². The van der Waals surface area contributed by atoms with Crippen molar-refractivity contribution in [3.63, 3.8) is 0 Å². The van der Waals surface area contributed by atoms with Crippen LogP contribution in [0, 0.1) is 0 Å². The van der Waals surface area contributed by atoms with E-state index in [1.54, 1.807) is 24.3 Å². The fourth-order valence-electron chi connectivity index (χ4n) is 1.79. The van der Waals surface area contributed by atoms with E-state index in [0.29, 0.717) is 11.0 Å². The van der Waals surface area contributed by atoms with E-state index in [9.17, 15) is 8.42 Å². The lowest BCUT2D eigenvalue weighted by atomic mass is 9.78. The van der Waals surface area contributed by atoms with Gasteiger partial charge in [-0.3, -0.25) is 0 Å². The summed E-state index contributed by atoms with van der Waals surface area (Å²) in [6.45, 7) is 0.302. The second-order valence-electron chi connectivity index (χ2n) is 4.47. The molecule has 1 fully saturated rings.